The van der Waals surface area contributed by atoms with Gasteiger partial charge in [-0.15, -0.1) is 0 Å². The molecule has 0 aliphatic rings. The molecule has 3 aromatic heterocycles. The highest BCUT2D eigenvalue weighted by Gasteiger charge is 2.29. The number of fused-ring (bicyclic) bond motifs is 6. The lowest BCUT2D eigenvalue weighted by Crippen LogP contribution is -2.08. The van der Waals surface area contributed by atoms with Crippen molar-refractivity contribution in [3.05, 3.63) is 282 Å². The summed E-state index contributed by atoms with van der Waals surface area (Å²) in [5.74, 6) is 1.57. The molecule has 5 heteroatoms. The van der Waals surface area contributed by atoms with Crippen LogP contribution < -0.4 is 0 Å². The van der Waals surface area contributed by atoms with Crippen molar-refractivity contribution in [3.63, 3.8) is 0 Å². The SMILES string of the molecule is Cc1ccccc1-c1ccccc1C(c1ccccc1-c1ccccc1C)c1ccc(-c2ccc(-c3nc(-c4cccc(-c5ccccc5)c4)nc(-c4ccc5oc6ccccc6c5c4)n3)cc2)c2oc3cccc(C)c3c12. The second-order valence-corrected chi connectivity index (χ2v) is 20.3. The minimum Gasteiger partial charge on any atom is -0.456 e. The number of para-hydroxylation sites is 1. The van der Waals surface area contributed by atoms with E-state index in [1.165, 1.54) is 50.1 Å². The van der Waals surface area contributed by atoms with Gasteiger partial charge in [0.2, 0.25) is 0 Å². The Morgan fingerprint density at radius 2 is 0.782 bits per heavy atom. The summed E-state index contributed by atoms with van der Waals surface area (Å²) in [7, 11) is 0. The molecule has 11 aromatic carbocycles. The Morgan fingerprint density at radius 1 is 0.282 bits per heavy atom. The molecule has 0 aliphatic carbocycles. The topological polar surface area (TPSA) is 65.0 Å². The summed E-state index contributed by atoms with van der Waals surface area (Å²) in [4.78, 5) is 15.6. The molecule has 0 N–H and O–H groups in total. The lowest BCUT2D eigenvalue weighted by molar-refractivity contribution is 0.669. The minimum atomic E-state index is -0.176. The van der Waals surface area contributed by atoms with Crippen LogP contribution in [-0.4, -0.2) is 15.0 Å². The molecule has 0 unspecified atom stereocenters. The van der Waals surface area contributed by atoms with E-state index in [0.29, 0.717) is 17.5 Å². The van der Waals surface area contributed by atoms with Gasteiger partial charge in [0.1, 0.15) is 22.3 Å². The van der Waals surface area contributed by atoms with E-state index >= 15 is 0 Å². The summed E-state index contributed by atoms with van der Waals surface area (Å²) >= 11 is 0. The van der Waals surface area contributed by atoms with Crippen LogP contribution >= 0.6 is 0 Å². The van der Waals surface area contributed by atoms with Crippen LogP contribution in [-0.2, 0) is 0 Å². The normalized spacial score (nSPS) is 11.6. The number of rotatable bonds is 10. The Hall–Kier alpha value is -9.97. The van der Waals surface area contributed by atoms with Crippen molar-refractivity contribution in [2.45, 2.75) is 26.7 Å². The van der Waals surface area contributed by atoms with E-state index in [1.807, 2.05) is 36.4 Å². The summed E-state index contributed by atoms with van der Waals surface area (Å²) < 4.78 is 13.4. The van der Waals surface area contributed by atoms with Crippen molar-refractivity contribution in [2.24, 2.45) is 0 Å². The molecule has 0 saturated carbocycles. The molecule has 0 saturated heterocycles. The zero-order valence-corrected chi connectivity index (χ0v) is 43.4. The number of aryl methyl sites for hydroxylation is 3. The van der Waals surface area contributed by atoms with Crippen LogP contribution in [0.25, 0.3) is 123 Å². The average molecular weight is 1000 g/mol. The van der Waals surface area contributed by atoms with Gasteiger partial charge in [0.05, 0.1) is 0 Å². The third-order valence-electron chi connectivity index (χ3n) is 15.6. The Balaban J connectivity index is 0.940. The van der Waals surface area contributed by atoms with E-state index < -0.39 is 0 Å². The van der Waals surface area contributed by atoms with Gasteiger partial charge in [-0.25, -0.2) is 15.0 Å². The first kappa shape index (κ1) is 46.6. The third kappa shape index (κ3) is 8.16. The predicted octanol–water partition coefficient (Wildman–Crippen LogP) is 19.4. The van der Waals surface area contributed by atoms with Crippen molar-refractivity contribution < 1.29 is 8.83 Å². The van der Waals surface area contributed by atoms with Gasteiger partial charge >= 0.3 is 0 Å². The van der Waals surface area contributed by atoms with Crippen molar-refractivity contribution in [2.75, 3.05) is 0 Å². The number of furan rings is 2. The Kier molecular flexibility index (Phi) is 11.5. The molecule has 370 valence electrons. The quantitative estimate of drug-likeness (QED) is 0.128. The average Bonchev–Trinajstić information content (AvgIpc) is 4.21. The monoisotopic (exact) mass is 1000 g/mol. The maximum atomic E-state index is 7.15. The first-order chi connectivity index (χ1) is 38.4. The molecule has 0 atom stereocenters. The predicted molar refractivity (Wildman–Crippen MR) is 320 cm³/mol. The summed E-state index contributed by atoms with van der Waals surface area (Å²) in [6, 6.07) is 88.1. The van der Waals surface area contributed by atoms with Gasteiger partial charge in [0, 0.05) is 49.7 Å². The molecular formula is C73H51N3O2. The molecule has 78 heavy (non-hydrogen) atoms. The van der Waals surface area contributed by atoms with Gasteiger partial charge < -0.3 is 8.83 Å². The van der Waals surface area contributed by atoms with Crippen LogP contribution in [0.15, 0.2) is 258 Å². The van der Waals surface area contributed by atoms with E-state index in [0.717, 1.165) is 88.4 Å². The lowest BCUT2D eigenvalue weighted by atomic mass is 9.76. The number of nitrogens with zero attached hydrogens (tertiary/aromatic N) is 3. The van der Waals surface area contributed by atoms with Gasteiger partial charge in [-0.05, 0) is 129 Å². The van der Waals surface area contributed by atoms with E-state index in [1.54, 1.807) is 0 Å². The molecule has 14 rings (SSSR count). The van der Waals surface area contributed by atoms with Crippen molar-refractivity contribution in [3.8, 4) is 78.7 Å². The van der Waals surface area contributed by atoms with Gasteiger partial charge in [-0.1, -0.05) is 212 Å². The van der Waals surface area contributed by atoms with Crippen LogP contribution in [0.3, 0.4) is 0 Å². The molecule has 0 amide bonds. The largest absolute Gasteiger partial charge is 0.456 e. The fourth-order valence-corrected chi connectivity index (χ4v) is 11.7. The molecule has 0 spiro atoms. The Bertz CT molecular complexity index is 4520. The van der Waals surface area contributed by atoms with Crippen LogP contribution in [0.2, 0.25) is 0 Å². The zero-order chi connectivity index (χ0) is 52.3. The van der Waals surface area contributed by atoms with Crippen LogP contribution in [0.1, 0.15) is 39.3 Å². The molecule has 0 radical (unpaired) electrons. The molecular weight excluding hydrogens is 951 g/mol. The van der Waals surface area contributed by atoms with E-state index in [4.69, 9.17) is 23.8 Å². The summed E-state index contributed by atoms with van der Waals surface area (Å²) in [6.45, 7) is 6.62. The Labute approximate surface area is 452 Å². The van der Waals surface area contributed by atoms with Crippen molar-refractivity contribution in [1.29, 1.82) is 0 Å². The minimum absolute atomic E-state index is 0.176. The van der Waals surface area contributed by atoms with Crippen molar-refractivity contribution in [1.82, 2.24) is 15.0 Å². The van der Waals surface area contributed by atoms with Crippen molar-refractivity contribution >= 4 is 43.9 Å². The van der Waals surface area contributed by atoms with E-state index in [9.17, 15) is 0 Å². The van der Waals surface area contributed by atoms with Crippen LogP contribution in [0, 0.1) is 20.8 Å². The van der Waals surface area contributed by atoms with Gasteiger partial charge in [-0.3, -0.25) is 0 Å². The second-order valence-electron chi connectivity index (χ2n) is 20.3. The fraction of sp³-hybridized carbons (Fsp3) is 0.0548. The molecule has 0 aliphatic heterocycles. The number of benzene rings is 11. The molecule has 14 aromatic rings. The maximum absolute atomic E-state index is 7.15. The van der Waals surface area contributed by atoms with Crippen LogP contribution in [0.5, 0.6) is 0 Å². The second kappa shape index (κ2) is 19.3. The fourth-order valence-electron chi connectivity index (χ4n) is 11.7. The smallest absolute Gasteiger partial charge is 0.164 e. The van der Waals surface area contributed by atoms with Gasteiger partial charge in [0.15, 0.2) is 17.5 Å². The number of hydrogen-bond acceptors (Lipinski definition) is 5. The molecule has 0 bridgehead atoms. The summed E-state index contributed by atoms with van der Waals surface area (Å²) in [5.41, 5.74) is 22.4. The van der Waals surface area contributed by atoms with Gasteiger partial charge in [0.25, 0.3) is 0 Å². The highest BCUT2D eigenvalue weighted by Crippen LogP contribution is 2.49. The molecule has 3 heterocycles. The highest BCUT2D eigenvalue weighted by atomic mass is 16.3. The Morgan fingerprint density at radius 3 is 1.47 bits per heavy atom. The third-order valence-corrected chi connectivity index (χ3v) is 15.6. The standard InChI is InChI=1S/C73H51N3O2/c1-45-19-7-9-26-54(45)57-28-11-13-31-60(57)68(61-32-14-12-29-58(61)55-27-10-8-20-46(55)2)62-41-40-56(70-69(62)67-47(3)21-17-34-66(67)78-70)49-35-37-50(38-36-49)71-74-72(52-25-18-24-51(43-52)48-22-5-4-6-23-48)76-73(75-71)53-39-42-65-63(44-53)59-30-15-16-33-64(59)77-65/h4-44,68H,1-3H3. The highest BCUT2D eigenvalue weighted by molar-refractivity contribution is 6.13. The zero-order valence-electron chi connectivity index (χ0n) is 43.4. The van der Waals surface area contributed by atoms with E-state index in [2.05, 4.69) is 233 Å². The summed E-state index contributed by atoms with van der Waals surface area (Å²) in [5, 5.41) is 4.29. The lowest BCUT2D eigenvalue weighted by Gasteiger charge is -2.26. The first-order valence-electron chi connectivity index (χ1n) is 26.6. The first-order valence-corrected chi connectivity index (χ1v) is 26.6. The number of hydrogen-bond donors (Lipinski definition) is 0. The van der Waals surface area contributed by atoms with Crippen LogP contribution in [0.4, 0.5) is 0 Å². The number of aromatic nitrogens is 3. The molecule has 0 fully saturated rings. The van der Waals surface area contributed by atoms with E-state index in [-0.39, 0.29) is 5.92 Å². The summed E-state index contributed by atoms with van der Waals surface area (Å²) in [6.07, 6.45) is 0. The molecule has 5 nitrogen and oxygen atoms in total. The van der Waals surface area contributed by atoms with Gasteiger partial charge in [-0.2, -0.15) is 0 Å². The maximum Gasteiger partial charge on any atom is 0.164 e.